The second kappa shape index (κ2) is 18.1. The molecule has 120 valence electrons. The van der Waals surface area contributed by atoms with Crippen LogP contribution in [0.3, 0.4) is 0 Å². The zero-order valence-electron chi connectivity index (χ0n) is 15.0. The number of carboxylic acid groups (broad SMARTS) is 1. The van der Waals surface area contributed by atoms with Crippen molar-refractivity contribution in [3.8, 4) is 0 Å². The van der Waals surface area contributed by atoms with Gasteiger partial charge in [-0.3, -0.25) is 9.59 Å². The monoisotopic (exact) mass is 309 g/mol. The van der Waals surface area contributed by atoms with Crippen molar-refractivity contribution in [1.29, 1.82) is 0 Å². The number of carboxylic acids is 1. The molecule has 0 radical (unpaired) electrons. The van der Waals surface area contributed by atoms with E-state index in [0.29, 0.717) is 19.5 Å². The van der Waals surface area contributed by atoms with Gasteiger partial charge in [0, 0.05) is 13.0 Å². The van der Waals surface area contributed by atoms with Gasteiger partial charge < -0.3 is 11.8 Å². The van der Waals surface area contributed by atoms with Gasteiger partial charge in [0.2, 0.25) is 0 Å². The van der Waals surface area contributed by atoms with E-state index in [9.17, 15) is 9.59 Å². The van der Waals surface area contributed by atoms with Gasteiger partial charge in [-0.1, -0.05) is 58.3 Å². The fraction of sp³-hybridized carbons (Fsp3) is 0.875. The van der Waals surface area contributed by atoms with Crippen LogP contribution in [-0.2, 0) is 9.59 Å². The summed E-state index contributed by atoms with van der Waals surface area (Å²) in [7, 11) is 0. The largest absolute Gasteiger partial charge is 1.00 e. The molecule has 4 nitrogen and oxygen atoms in total. The van der Waals surface area contributed by atoms with E-state index in [1.54, 1.807) is 0 Å². The van der Waals surface area contributed by atoms with Crippen LogP contribution in [-0.4, -0.2) is 29.9 Å². The van der Waals surface area contributed by atoms with Crippen LogP contribution in [0.5, 0.6) is 0 Å². The molecular formula is C16H32NNaO3. The van der Waals surface area contributed by atoms with Crippen LogP contribution in [0.1, 0.15) is 79.0 Å². The molecule has 21 heavy (non-hydrogen) atoms. The topological polar surface area (TPSA) is 66.4 Å². The van der Waals surface area contributed by atoms with E-state index in [-0.39, 0.29) is 43.2 Å². The summed E-state index contributed by atoms with van der Waals surface area (Å²) < 4.78 is 0. The van der Waals surface area contributed by atoms with Crippen molar-refractivity contribution in [2.75, 3.05) is 13.1 Å². The molecule has 0 unspecified atom stereocenters. The molecular weight excluding hydrogens is 277 g/mol. The van der Waals surface area contributed by atoms with E-state index in [4.69, 9.17) is 5.11 Å². The van der Waals surface area contributed by atoms with Crippen molar-refractivity contribution >= 4 is 11.8 Å². The summed E-state index contributed by atoms with van der Waals surface area (Å²) in [6.45, 7) is 2.91. The third-order valence-corrected chi connectivity index (χ3v) is 3.40. The number of unbranched alkanes of at least 4 members (excludes halogenated alkanes) is 8. The van der Waals surface area contributed by atoms with Gasteiger partial charge in [-0.05, 0) is 6.42 Å². The van der Waals surface area contributed by atoms with Gasteiger partial charge in [-0.15, -0.1) is 0 Å². The average Bonchev–Trinajstić information content (AvgIpc) is 2.41. The average molecular weight is 309 g/mol. The molecule has 2 N–H and O–H groups in total. The molecule has 0 aromatic carbocycles. The zero-order valence-corrected chi connectivity index (χ0v) is 16.0. The third kappa shape index (κ3) is 20.1. The SMILES string of the molecule is CCCCCCCCCCCC(=O)CNCCC(=O)O.[H-].[Na+]. The van der Waals surface area contributed by atoms with E-state index in [0.717, 1.165) is 12.8 Å². The molecule has 0 aromatic heterocycles. The van der Waals surface area contributed by atoms with Gasteiger partial charge in [0.15, 0.2) is 0 Å². The first-order valence-corrected chi connectivity index (χ1v) is 8.11. The second-order valence-electron chi connectivity index (χ2n) is 5.44. The van der Waals surface area contributed by atoms with E-state index in [2.05, 4.69) is 12.2 Å². The van der Waals surface area contributed by atoms with Gasteiger partial charge in [0.05, 0.1) is 13.0 Å². The molecule has 0 aliphatic carbocycles. The maximum atomic E-state index is 11.5. The Bertz CT molecular complexity index is 266. The first-order chi connectivity index (χ1) is 9.66. The van der Waals surface area contributed by atoms with Crippen LogP contribution in [0.15, 0.2) is 0 Å². The number of carbonyl (C=O) groups excluding carboxylic acids is 1. The Hall–Kier alpha value is 0.100. The number of hydrogen-bond acceptors (Lipinski definition) is 3. The number of carbonyl (C=O) groups is 2. The fourth-order valence-electron chi connectivity index (χ4n) is 2.14. The Kier molecular flexibility index (Phi) is 20.2. The number of nitrogens with one attached hydrogen (secondary N) is 1. The molecule has 0 saturated heterocycles. The molecule has 0 heterocycles. The second-order valence-corrected chi connectivity index (χ2v) is 5.44. The number of aliphatic carboxylic acids is 1. The predicted octanol–water partition coefficient (Wildman–Crippen LogP) is 0.657. The maximum Gasteiger partial charge on any atom is 1.00 e. The van der Waals surface area contributed by atoms with E-state index < -0.39 is 5.97 Å². The van der Waals surface area contributed by atoms with Gasteiger partial charge in [0.1, 0.15) is 5.78 Å². The van der Waals surface area contributed by atoms with Crippen molar-refractivity contribution in [1.82, 2.24) is 5.32 Å². The first-order valence-electron chi connectivity index (χ1n) is 8.11. The van der Waals surface area contributed by atoms with Gasteiger partial charge in [0.25, 0.3) is 0 Å². The molecule has 0 aliphatic rings. The molecule has 0 spiro atoms. The van der Waals surface area contributed by atoms with Crippen LogP contribution >= 0.6 is 0 Å². The Labute approximate surface area is 153 Å². The minimum absolute atomic E-state index is 0. The number of ketones is 1. The maximum absolute atomic E-state index is 11.5. The Morgan fingerprint density at radius 3 is 1.95 bits per heavy atom. The van der Waals surface area contributed by atoms with Crippen molar-refractivity contribution in [3.63, 3.8) is 0 Å². The Morgan fingerprint density at radius 1 is 0.905 bits per heavy atom. The van der Waals surface area contributed by atoms with Crippen LogP contribution in [0.4, 0.5) is 0 Å². The molecule has 0 atom stereocenters. The normalized spacial score (nSPS) is 10.1. The van der Waals surface area contributed by atoms with Gasteiger partial charge >= 0.3 is 35.5 Å². The quantitative estimate of drug-likeness (QED) is 0.344. The van der Waals surface area contributed by atoms with E-state index in [1.807, 2.05) is 0 Å². The molecule has 0 aliphatic heterocycles. The standard InChI is InChI=1S/C16H31NO3.Na.H/c1-2-3-4-5-6-7-8-9-10-11-15(18)14-17-13-12-16(19)20;;/h17H,2-14H2,1H3,(H,19,20);;/q;+1;-1. The van der Waals surface area contributed by atoms with Crippen molar-refractivity contribution in [3.05, 3.63) is 0 Å². The summed E-state index contributed by atoms with van der Waals surface area (Å²) in [6, 6.07) is 0. The molecule has 5 heteroatoms. The number of hydrogen-bond donors (Lipinski definition) is 2. The summed E-state index contributed by atoms with van der Waals surface area (Å²) in [6.07, 6.45) is 12.0. The minimum Gasteiger partial charge on any atom is -1.00 e. The molecule has 0 fully saturated rings. The smallest absolute Gasteiger partial charge is 1.00 e. The summed E-state index contributed by atoms with van der Waals surface area (Å²) in [5.74, 6) is -0.637. The summed E-state index contributed by atoms with van der Waals surface area (Å²) in [5.41, 5.74) is 0. The molecule has 0 aromatic rings. The summed E-state index contributed by atoms with van der Waals surface area (Å²) in [5, 5.41) is 11.3. The Morgan fingerprint density at radius 2 is 1.43 bits per heavy atom. The van der Waals surface area contributed by atoms with E-state index >= 15 is 0 Å². The number of rotatable bonds is 15. The predicted molar refractivity (Wildman–Crippen MR) is 83.1 cm³/mol. The zero-order chi connectivity index (χ0) is 15.1. The molecule has 0 rings (SSSR count). The minimum atomic E-state index is -0.830. The van der Waals surface area contributed by atoms with Crippen molar-refractivity contribution < 1.29 is 45.7 Å². The first kappa shape index (κ1) is 23.4. The van der Waals surface area contributed by atoms with Crippen LogP contribution in [0.2, 0.25) is 0 Å². The van der Waals surface area contributed by atoms with Crippen LogP contribution in [0.25, 0.3) is 0 Å². The summed E-state index contributed by atoms with van der Waals surface area (Å²) >= 11 is 0. The van der Waals surface area contributed by atoms with Crippen molar-refractivity contribution in [2.24, 2.45) is 0 Å². The van der Waals surface area contributed by atoms with Gasteiger partial charge in [-0.25, -0.2) is 0 Å². The van der Waals surface area contributed by atoms with Crippen molar-refractivity contribution in [2.45, 2.75) is 77.6 Å². The van der Waals surface area contributed by atoms with Crippen LogP contribution in [0, 0.1) is 0 Å². The fourth-order valence-corrected chi connectivity index (χ4v) is 2.14. The Balaban J connectivity index is -0.00000180. The molecule has 0 amide bonds. The van der Waals surface area contributed by atoms with E-state index in [1.165, 1.54) is 44.9 Å². The molecule has 0 bridgehead atoms. The third-order valence-electron chi connectivity index (χ3n) is 3.40. The van der Waals surface area contributed by atoms with Gasteiger partial charge in [-0.2, -0.15) is 0 Å². The number of Topliss-reactive ketones (excluding diaryl/α,β-unsaturated/α-hetero) is 1. The summed E-state index contributed by atoms with van der Waals surface area (Å²) in [4.78, 5) is 21.8. The van der Waals surface area contributed by atoms with Crippen LogP contribution < -0.4 is 34.9 Å². The molecule has 0 saturated carbocycles.